The molecule has 21 heavy (non-hydrogen) atoms. The fourth-order valence-electron chi connectivity index (χ4n) is 1.99. The van der Waals surface area contributed by atoms with E-state index >= 15 is 0 Å². The van der Waals surface area contributed by atoms with Crippen molar-refractivity contribution in [2.75, 3.05) is 0 Å². The Bertz CT molecular complexity index is 775. The number of carbonyl (C=O) groups is 1. The van der Waals surface area contributed by atoms with Crippen LogP contribution in [0.3, 0.4) is 0 Å². The molecule has 0 spiro atoms. The zero-order valence-electron chi connectivity index (χ0n) is 10.8. The van der Waals surface area contributed by atoms with Crippen LogP contribution in [-0.4, -0.2) is 30.8 Å². The van der Waals surface area contributed by atoms with Gasteiger partial charge < -0.3 is 15.3 Å². The van der Waals surface area contributed by atoms with E-state index in [4.69, 9.17) is 16.7 Å². The van der Waals surface area contributed by atoms with Crippen LogP contribution in [0.1, 0.15) is 12.1 Å². The molecule has 0 unspecified atom stereocenters. The minimum Gasteiger partial charge on any atom is -0.504 e. The Balaban J connectivity index is 0.00000220. The summed E-state index contributed by atoms with van der Waals surface area (Å²) in [4.78, 5) is 26.2. The third-order valence-electron chi connectivity index (χ3n) is 2.88. The molecule has 0 bridgehead atoms. The molecule has 9 heteroatoms. The topological polar surface area (TPSA) is 113 Å². The van der Waals surface area contributed by atoms with Gasteiger partial charge in [-0.25, -0.2) is 4.79 Å². The molecule has 0 fully saturated rings. The number of aromatic nitrogens is 2. The highest BCUT2D eigenvalue weighted by Gasteiger charge is 2.18. The number of rotatable bonds is 3. The average Bonchev–Trinajstić information content (AvgIpc) is 2.33. The molecule has 0 saturated heterocycles. The number of carboxylic acids is 1. The summed E-state index contributed by atoms with van der Waals surface area (Å²) in [5.74, 6) is -2.12. The lowest BCUT2D eigenvalue weighted by Crippen LogP contribution is -2.25. The number of hydrogen-bond acceptors (Lipinski definition) is 5. The third-order valence-corrected chi connectivity index (χ3v) is 3.18. The van der Waals surface area contributed by atoms with Gasteiger partial charge in [0, 0.05) is 18.0 Å². The number of fused-ring (bicyclic) bond motifs is 1. The van der Waals surface area contributed by atoms with Crippen LogP contribution in [0, 0.1) is 6.92 Å². The summed E-state index contributed by atoms with van der Waals surface area (Å²) in [6.07, 6.45) is -0.327. The van der Waals surface area contributed by atoms with Crippen molar-refractivity contribution < 1.29 is 20.1 Å². The summed E-state index contributed by atoms with van der Waals surface area (Å²) in [5.41, 5.74) is -0.446. The van der Waals surface area contributed by atoms with E-state index in [0.717, 1.165) is 10.6 Å². The van der Waals surface area contributed by atoms with Gasteiger partial charge in [0.1, 0.15) is 5.52 Å². The second-order valence-corrected chi connectivity index (χ2v) is 4.63. The predicted molar refractivity (Wildman–Crippen MR) is 81.7 cm³/mol. The molecule has 7 nitrogen and oxygen atoms in total. The molecule has 1 aromatic carbocycles. The van der Waals surface area contributed by atoms with Crippen molar-refractivity contribution in [2.24, 2.45) is 0 Å². The van der Waals surface area contributed by atoms with Crippen LogP contribution in [0.15, 0.2) is 10.9 Å². The molecule has 0 aliphatic rings. The maximum Gasteiger partial charge on any atom is 0.348 e. The van der Waals surface area contributed by atoms with Gasteiger partial charge in [-0.15, -0.1) is 17.0 Å². The first-order valence-corrected chi connectivity index (χ1v) is 6.04. The number of halogens is 2. The molecule has 1 heterocycles. The second-order valence-electron chi connectivity index (χ2n) is 4.22. The molecule has 2 rings (SSSR count). The van der Waals surface area contributed by atoms with Crippen molar-refractivity contribution in [3.63, 3.8) is 0 Å². The Morgan fingerprint density at radius 3 is 2.62 bits per heavy atom. The Hall–Kier alpha value is -1.80. The van der Waals surface area contributed by atoms with Crippen LogP contribution in [0.25, 0.3) is 10.9 Å². The lowest BCUT2D eigenvalue weighted by molar-refractivity contribution is -0.137. The van der Waals surface area contributed by atoms with Gasteiger partial charge in [0.2, 0.25) is 0 Å². The van der Waals surface area contributed by atoms with E-state index < -0.39 is 23.2 Å². The summed E-state index contributed by atoms with van der Waals surface area (Å²) >= 11 is 5.98. The number of hydrogen-bond donors (Lipinski definition) is 3. The average molecular weight is 380 g/mol. The van der Waals surface area contributed by atoms with E-state index in [1.807, 2.05) is 0 Å². The van der Waals surface area contributed by atoms with Gasteiger partial charge in [-0.1, -0.05) is 11.6 Å². The molecule has 0 aliphatic heterocycles. The third kappa shape index (κ3) is 3.11. The van der Waals surface area contributed by atoms with E-state index in [1.54, 1.807) is 0 Å². The fourth-order valence-corrected chi connectivity index (χ4v) is 2.32. The predicted octanol–water partition coefficient (Wildman–Crippen LogP) is 1.82. The Kier molecular flexibility index (Phi) is 5.19. The SMILES string of the molecule is Br.Cc1nc(=O)n(CCC(=O)O)c2c(O)c(O)cc(Cl)c12. The number of aryl methyl sites for hydroxylation is 2. The van der Waals surface area contributed by atoms with Crippen LogP contribution < -0.4 is 5.69 Å². The van der Waals surface area contributed by atoms with Gasteiger partial charge in [0.25, 0.3) is 0 Å². The summed E-state index contributed by atoms with van der Waals surface area (Å²) in [5, 5.41) is 28.6. The second kappa shape index (κ2) is 6.31. The minimum absolute atomic E-state index is 0. The number of phenolic OH excluding ortho intramolecular Hbond substituents is 2. The van der Waals surface area contributed by atoms with Crippen LogP contribution >= 0.6 is 28.6 Å². The molecule has 0 saturated carbocycles. The molecule has 0 amide bonds. The summed E-state index contributed by atoms with van der Waals surface area (Å²) in [7, 11) is 0. The lowest BCUT2D eigenvalue weighted by Gasteiger charge is -2.13. The van der Waals surface area contributed by atoms with Crippen LogP contribution in [0.2, 0.25) is 5.02 Å². The molecule has 0 aliphatic carbocycles. The highest BCUT2D eigenvalue weighted by molar-refractivity contribution is 8.93. The molecule has 0 radical (unpaired) electrons. The van der Waals surface area contributed by atoms with E-state index in [0.29, 0.717) is 5.39 Å². The maximum atomic E-state index is 11.9. The Morgan fingerprint density at radius 1 is 1.43 bits per heavy atom. The number of benzene rings is 1. The minimum atomic E-state index is -1.10. The summed E-state index contributed by atoms with van der Waals surface area (Å²) in [6.45, 7) is 1.35. The largest absolute Gasteiger partial charge is 0.504 e. The monoisotopic (exact) mass is 378 g/mol. The lowest BCUT2D eigenvalue weighted by atomic mass is 10.1. The fraction of sp³-hybridized carbons (Fsp3) is 0.250. The molecular weight excluding hydrogens is 367 g/mol. The normalized spacial score (nSPS) is 10.4. The molecule has 0 atom stereocenters. The van der Waals surface area contributed by atoms with Gasteiger partial charge in [-0.3, -0.25) is 9.36 Å². The van der Waals surface area contributed by atoms with Gasteiger partial charge in [-0.2, -0.15) is 4.98 Å². The van der Waals surface area contributed by atoms with Gasteiger partial charge in [0.05, 0.1) is 17.1 Å². The standard InChI is InChI=1S/C12H11ClN2O5.BrH/c1-5-9-6(13)4-7(16)11(19)10(9)15(12(20)14-5)3-2-8(17)18;/h4,16,19H,2-3H2,1H3,(H,17,18);1H. The van der Waals surface area contributed by atoms with Gasteiger partial charge >= 0.3 is 11.7 Å². The van der Waals surface area contributed by atoms with E-state index in [1.165, 1.54) is 6.92 Å². The van der Waals surface area contributed by atoms with Crippen molar-refractivity contribution in [2.45, 2.75) is 19.9 Å². The molecule has 114 valence electrons. The highest BCUT2D eigenvalue weighted by Crippen LogP contribution is 2.38. The van der Waals surface area contributed by atoms with Crippen molar-refractivity contribution in [3.8, 4) is 11.5 Å². The quantitative estimate of drug-likeness (QED) is 0.701. The number of nitrogens with zero attached hydrogens (tertiary/aromatic N) is 2. The smallest absolute Gasteiger partial charge is 0.348 e. The van der Waals surface area contributed by atoms with Gasteiger partial charge in [-0.05, 0) is 6.92 Å². The Morgan fingerprint density at radius 2 is 2.05 bits per heavy atom. The first kappa shape index (κ1) is 17.3. The van der Waals surface area contributed by atoms with Crippen molar-refractivity contribution in [1.82, 2.24) is 9.55 Å². The molecule has 3 N–H and O–H groups in total. The molecule has 1 aromatic heterocycles. The summed E-state index contributed by atoms with van der Waals surface area (Å²) < 4.78 is 0.984. The first-order valence-electron chi connectivity index (χ1n) is 5.66. The maximum absolute atomic E-state index is 11.9. The van der Waals surface area contributed by atoms with Crippen LogP contribution in [-0.2, 0) is 11.3 Å². The highest BCUT2D eigenvalue weighted by atomic mass is 79.9. The molecule has 2 aromatic rings. The number of aliphatic carboxylic acids is 1. The van der Waals surface area contributed by atoms with Crippen molar-refractivity contribution >= 4 is 45.5 Å². The Labute approximate surface area is 134 Å². The van der Waals surface area contributed by atoms with E-state index in [-0.39, 0.29) is 46.2 Å². The number of aromatic hydroxyl groups is 2. The van der Waals surface area contributed by atoms with Crippen LogP contribution in [0.4, 0.5) is 0 Å². The van der Waals surface area contributed by atoms with E-state index in [2.05, 4.69) is 4.98 Å². The number of carboxylic acid groups (broad SMARTS) is 1. The first-order chi connectivity index (χ1) is 9.32. The summed E-state index contributed by atoms with van der Waals surface area (Å²) in [6, 6.07) is 1.14. The number of phenols is 2. The molecular formula is C12H12BrClN2O5. The van der Waals surface area contributed by atoms with Crippen molar-refractivity contribution in [1.29, 1.82) is 0 Å². The zero-order valence-corrected chi connectivity index (χ0v) is 13.3. The zero-order chi connectivity index (χ0) is 15.0. The van der Waals surface area contributed by atoms with Crippen molar-refractivity contribution in [3.05, 3.63) is 27.3 Å². The van der Waals surface area contributed by atoms with E-state index in [9.17, 15) is 19.8 Å². The van der Waals surface area contributed by atoms with Crippen LogP contribution in [0.5, 0.6) is 11.5 Å². The van der Waals surface area contributed by atoms with Gasteiger partial charge in [0.15, 0.2) is 11.5 Å².